The Morgan fingerprint density at radius 1 is 1.15 bits per heavy atom. The van der Waals surface area contributed by atoms with Gasteiger partial charge in [0.2, 0.25) is 5.91 Å². The SMILES string of the molecule is COc1ccc2cc3n(c2c1)C[C@](C)(C(=O)NC1CCCCC1)N(Cc1ccccc1Cl)C3=O. The molecular formula is C27H30ClN3O3. The molecule has 1 fully saturated rings. The van der Waals surface area contributed by atoms with E-state index in [-0.39, 0.29) is 24.4 Å². The van der Waals surface area contributed by atoms with E-state index >= 15 is 0 Å². The second-order valence-corrected chi connectivity index (χ2v) is 10.0. The van der Waals surface area contributed by atoms with Crippen LogP contribution >= 0.6 is 11.6 Å². The second-order valence-electron chi connectivity index (χ2n) is 9.61. The first-order valence-electron chi connectivity index (χ1n) is 11.9. The zero-order chi connectivity index (χ0) is 23.9. The van der Waals surface area contributed by atoms with Crippen molar-refractivity contribution in [1.29, 1.82) is 0 Å². The van der Waals surface area contributed by atoms with Crippen molar-refractivity contribution in [3.8, 4) is 5.75 Å². The van der Waals surface area contributed by atoms with Gasteiger partial charge in [0.25, 0.3) is 5.91 Å². The van der Waals surface area contributed by atoms with Gasteiger partial charge in [0, 0.05) is 29.1 Å². The third kappa shape index (κ3) is 3.94. The van der Waals surface area contributed by atoms with Crippen LogP contribution in [0.2, 0.25) is 5.02 Å². The summed E-state index contributed by atoms with van der Waals surface area (Å²) in [4.78, 5) is 29.4. The van der Waals surface area contributed by atoms with Crippen LogP contribution in [-0.4, -0.2) is 40.0 Å². The maximum atomic E-state index is 13.9. The Labute approximate surface area is 204 Å². The predicted molar refractivity (Wildman–Crippen MR) is 133 cm³/mol. The molecule has 1 saturated carbocycles. The van der Waals surface area contributed by atoms with Crippen LogP contribution in [0.4, 0.5) is 0 Å². The van der Waals surface area contributed by atoms with E-state index in [4.69, 9.17) is 16.3 Å². The van der Waals surface area contributed by atoms with Crippen molar-refractivity contribution < 1.29 is 14.3 Å². The van der Waals surface area contributed by atoms with Crippen LogP contribution in [0, 0.1) is 0 Å². The lowest BCUT2D eigenvalue weighted by molar-refractivity contribution is -0.134. The number of methoxy groups -OCH3 is 1. The summed E-state index contributed by atoms with van der Waals surface area (Å²) in [6.07, 6.45) is 5.41. The molecule has 1 N–H and O–H groups in total. The van der Waals surface area contributed by atoms with Crippen LogP contribution in [0.25, 0.3) is 10.9 Å². The number of nitrogens with zero attached hydrogens (tertiary/aromatic N) is 2. The smallest absolute Gasteiger partial charge is 0.271 e. The van der Waals surface area contributed by atoms with Crippen LogP contribution in [0.5, 0.6) is 5.75 Å². The minimum Gasteiger partial charge on any atom is -0.497 e. The van der Waals surface area contributed by atoms with Gasteiger partial charge in [0.05, 0.1) is 19.2 Å². The number of nitrogens with one attached hydrogen (secondary N) is 1. The molecule has 1 aliphatic carbocycles. The number of rotatable bonds is 5. The molecule has 2 aliphatic rings. The molecule has 0 saturated heterocycles. The lowest BCUT2D eigenvalue weighted by atomic mass is 9.91. The first kappa shape index (κ1) is 22.8. The standard InChI is InChI=1S/C27H30ClN3O3/c1-27(26(33)29-20-9-4-3-5-10-20)17-30-23-15-21(34-2)13-12-18(23)14-24(30)25(32)31(27)16-19-8-6-7-11-22(19)28/h6-8,11-15,20H,3-5,9-10,16-17H2,1-2H3,(H,29,33)/t27-/m1/s1. The Morgan fingerprint density at radius 3 is 2.65 bits per heavy atom. The van der Waals surface area contributed by atoms with Crippen molar-refractivity contribution in [2.24, 2.45) is 0 Å². The van der Waals surface area contributed by atoms with Crippen LogP contribution in [0.3, 0.4) is 0 Å². The Morgan fingerprint density at radius 2 is 1.91 bits per heavy atom. The molecule has 34 heavy (non-hydrogen) atoms. The van der Waals surface area contributed by atoms with Gasteiger partial charge in [-0.1, -0.05) is 49.1 Å². The zero-order valence-corrected chi connectivity index (χ0v) is 20.4. The highest BCUT2D eigenvalue weighted by Gasteiger charge is 2.48. The van der Waals surface area contributed by atoms with Gasteiger partial charge < -0.3 is 19.5 Å². The van der Waals surface area contributed by atoms with E-state index in [0.29, 0.717) is 23.0 Å². The maximum Gasteiger partial charge on any atom is 0.271 e. The van der Waals surface area contributed by atoms with Gasteiger partial charge in [-0.3, -0.25) is 9.59 Å². The molecule has 3 aromatic rings. The largest absolute Gasteiger partial charge is 0.497 e. The summed E-state index contributed by atoms with van der Waals surface area (Å²) < 4.78 is 7.38. The lowest BCUT2D eigenvalue weighted by Crippen LogP contribution is -2.64. The Kier molecular flexibility index (Phi) is 6.02. The molecule has 0 bridgehead atoms. The molecule has 1 aliphatic heterocycles. The summed E-state index contributed by atoms with van der Waals surface area (Å²) in [5.41, 5.74) is 1.20. The molecule has 0 unspecified atom stereocenters. The fraction of sp³-hybridized carbons (Fsp3) is 0.407. The quantitative estimate of drug-likeness (QED) is 0.549. The number of hydrogen-bond donors (Lipinski definition) is 1. The summed E-state index contributed by atoms with van der Waals surface area (Å²) >= 11 is 6.46. The third-order valence-corrected chi connectivity index (χ3v) is 7.72. The first-order valence-corrected chi connectivity index (χ1v) is 12.3. The maximum absolute atomic E-state index is 13.9. The Hall–Kier alpha value is -2.99. The number of amides is 2. The number of hydrogen-bond acceptors (Lipinski definition) is 3. The highest BCUT2D eigenvalue weighted by molar-refractivity contribution is 6.31. The number of carbonyl (C=O) groups excluding carboxylic acids is 2. The summed E-state index contributed by atoms with van der Waals surface area (Å²) in [6.45, 7) is 2.49. The predicted octanol–water partition coefficient (Wildman–Crippen LogP) is 5.17. The molecule has 1 atom stereocenters. The molecule has 5 rings (SSSR count). The van der Waals surface area contributed by atoms with Gasteiger partial charge in [-0.25, -0.2) is 0 Å². The van der Waals surface area contributed by atoms with Crippen LogP contribution in [0.1, 0.15) is 55.1 Å². The number of ether oxygens (including phenoxy) is 1. The molecule has 0 spiro atoms. The van der Waals surface area contributed by atoms with Crippen molar-refractivity contribution in [3.05, 3.63) is 64.8 Å². The number of aromatic nitrogens is 1. The number of fused-ring (bicyclic) bond motifs is 3. The fourth-order valence-electron chi connectivity index (χ4n) is 5.29. The van der Waals surface area contributed by atoms with Gasteiger partial charge in [-0.15, -0.1) is 0 Å². The molecule has 2 heterocycles. The zero-order valence-electron chi connectivity index (χ0n) is 19.6. The molecule has 6 nitrogen and oxygen atoms in total. The minimum atomic E-state index is -1.07. The van der Waals surface area contributed by atoms with Gasteiger partial charge >= 0.3 is 0 Å². The van der Waals surface area contributed by atoms with Crippen molar-refractivity contribution in [2.45, 2.75) is 63.7 Å². The molecule has 2 amide bonds. The highest BCUT2D eigenvalue weighted by atomic mass is 35.5. The first-order chi connectivity index (χ1) is 16.4. The monoisotopic (exact) mass is 479 g/mol. The molecule has 178 valence electrons. The van der Waals surface area contributed by atoms with Crippen LogP contribution < -0.4 is 10.1 Å². The van der Waals surface area contributed by atoms with Crippen molar-refractivity contribution in [3.63, 3.8) is 0 Å². The summed E-state index contributed by atoms with van der Waals surface area (Å²) in [5, 5.41) is 4.80. The average Bonchev–Trinajstić information content (AvgIpc) is 3.21. The normalized spacial score (nSPS) is 20.9. The van der Waals surface area contributed by atoms with E-state index in [1.807, 2.05) is 60.0 Å². The van der Waals surface area contributed by atoms with E-state index in [9.17, 15) is 9.59 Å². The second kappa shape index (κ2) is 8.99. The lowest BCUT2D eigenvalue weighted by Gasteiger charge is -2.45. The van der Waals surface area contributed by atoms with Crippen molar-refractivity contribution in [1.82, 2.24) is 14.8 Å². The fourth-order valence-corrected chi connectivity index (χ4v) is 5.49. The topological polar surface area (TPSA) is 63.6 Å². The molecule has 1 aromatic heterocycles. The highest BCUT2D eigenvalue weighted by Crippen LogP contribution is 2.36. The Bertz CT molecular complexity index is 1250. The van der Waals surface area contributed by atoms with E-state index < -0.39 is 5.54 Å². The van der Waals surface area contributed by atoms with Crippen LogP contribution in [0.15, 0.2) is 48.5 Å². The molecular weight excluding hydrogens is 450 g/mol. The van der Waals surface area contributed by atoms with Gasteiger partial charge in [0.1, 0.15) is 17.0 Å². The van der Waals surface area contributed by atoms with E-state index in [1.165, 1.54) is 6.42 Å². The van der Waals surface area contributed by atoms with Crippen molar-refractivity contribution >= 4 is 34.3 Å². The molecule has 0 radical (unpaired) electrons. The Balaban J connectivity index is 1.58. The minimum absolute atomic E-state index is 0.116. The summed E-state index contributed by atoms with van der Waals surface area (Å²) in [6, 6.07) is 15.3. The number of halogens is 1. The van der Waals surface area contributed by atoms with E-state index in [1.54, 1.807) is 12.0 Å². The van der Waals surface area contributed by atoms with Gasteiger partial charge in [-0.05, 0) is 49.6 Å². The van der Waals surface area contributed by atoms with Crippen LogP contribution in [-0.2, 0) is 17.9 Å². The number of benzene rings is 2. The average molecular weight is 480 g/mol. The van der Waals surface area contributed by atoms with Gasteiger partial charge in [-0.2, -0.15) is 0 Å². The number of carbonyl (C=O) groups is 2. The molecule has 7 heteroatoms. The third-order valence-electron chi connectivity index (χ3n) is 7.35. The van der Waals surface area contributed by atoms with Gasteiger partial charge in [0.15, 0.2) is 0 Å². The molecule has 2 aromatic carbocycles. The van der Waals surface area contributed by atoms with E-state index in [0.717, 1.165) is 42.1 Å². The summed E-state index contributed by atoms with van der Waals surface area (Å²) in [7, 11) is 1.62. The summed E-state index contributed by atoms with van der Waals surface area (Å²) in [5.74, 6) is 0.422. The van der Waals surface area contributed by atoms with Crippen molar-refractivity contribution in [2.75, 3.05) is 7.11 Å². The van der Waals surface area contributed by atoms with E-state index in [2.05, 4.69) is 5.32 Å².